The lowest BCUT2D eigenvalue weighted by molar-refractivity contribution is 0.711. The van der Waals surface area contributed by atoms with Gasteiger partial charge in [0.1, 0.15) is 0 Å². The Morgan fingerprint density at radius 1 is 1.00 bits per heavy atom. The highest BCUT2D eigenvalue weighted by Crippen LogP contribution is 2.24. The van der Waals surface area contributed by atoms with Crippen LogP contribution in [0.5, 0.6) is 0 Å². The van der Waals surface area contributed by atoms with E-state index < -0.39 is 0 Å². The van der Waals surface area contributed by atoms with Crippen LogP contribution >= 0.6 is 0 Å². The van der Waals surface area contributed by atoms with Gasteiger partial charge in [0.05, 0.1) is 0 Å². The molecule has 0 unspecified atom stereocenters. The zero-order valence-electron chi connectivity index (χ0n) is 11.3. The average molecular weight is 228 g/mol. The minimum Gasteiger partial charge on any atom is -0.0871 e. The van der Waals surface area contributed by atoms with Crippen LogP contribution < -0.4 is 0 Å². The van der Waals surface area contributed by atoms with Crippen molar-refractivity contribution in [3.8, 4) is 0 Å². The van der Waals surface area contributed by atoms with E-state index in [0.717, 1.165) is 0 Å². The Balaban J connectivity index is 0.000000686. The van der Waals surface area contributed by atoms with Gasteiger partial charge in [-0.3, -0.25) is 0 Å². The third kappa shape index (κ3) is 3.73. The van der Waals surface area contributed by atoms with E-state index in [1.165, 1.54) is 48.8 Å². The number of hydrogen-bond acceptors (Lipinski definition) is 0. The molecule has 0 saturated carbocycles. The number of benzene rings is 1. The largest absolute Gasteiger partial charge is 0.0871 e. The smallest absolute Gasteiger partial charge is 0.0225 e. The maximum absolute atomic E-state index is 4.13. The Morgan fingerprint density at radius 2 is 1.59 bits per heavy atom. The number of rotatable bonds is 1. The number of fused-ring (bicyclic) bond motifs is 1. The van der Waals surface area contributed by atoms with Gasteiger partial charge in [0.2, 0.25) is 0 Å². The molecule has 1 aliphatic rings. The second-order valence-electron chi connectivity index (χ2n) is 4.38. The van der Waals surface area contributed by atoms with Crippen LogP contribution in [0.1, 0.15) is 55.4 Å². The van der Waals surface area contributed by atoms with Crippen molar-refractivity contribution in [3.05, 3.63) is 54.3 Å². The van der Waals surface area contributed by atoms with E-state index in [0.29, 0.717) is 0 Å². The standard InChI is InChI=1S/C15H19.C2H5/c1-3-7-13-11-15-9-6-4-5-8-14(15)10-12(13)2;1-2/h3,7,10-11H,2,4-6,8-9H2,1H3;1H2,2H3/b7-3-;. The third-order valence-electron chi connectivity index (χ3n) is 3.20. The molecule has 0 heterocycles. The molecule has 0 aliphatic heterocycles. The highest BCUT2D eigenvalue weighted by atomic mass is 14.1. The van der Waals surface area contributed by atoms with Crippen LogP contribution in [0, 0.1) is 13.8 Å². The van der Waals surface area contributed by atoms with Gasteiger partial charge in [-0.05, 0) is 61.8 Å². The summed E-state index contributed by atoms with van der Waals surface area (Å²) in [5.41, 5.74) is 5.55. The maximum Gasteiger partial charge on any atom is -0.0225 e. The Hall–Kier alpha value is -1.04. The number of allylic oxidation sites excluding steroid dienone is 1. The van der Waals surface area contributed by atoms with E-state index in [-0.39, 0.29) is 0 Å². The minimum absolute atomic E-state index is 1.17. The second kappa shape index (κ2) is 7.32. The molecule has 0 N–H and O–H groups in total. The van der Waals surface area contributed by atoms with Crippen molar-refractivity contribution in [3.63, 3.8) is 0 Å². The van der Waals surface area contributed by atoms with Gasteiger partial charge in [-0.15, -0.1) is 0 Å². The van der Waals surface area contributed by atoms with Gasteiger partial charge in [-0.2, -0.15) is 0 Å². The van der Waals surface area contributed by atoms with E-state index in [1.54, 1.807) is 12.5 Å². The summed E-state index contributed by atoms with van der Waals surface area (Å²) in [5, 5.41) is 0. The predicted octanol–water partition coefficient (Wildman–Crippen LogP) is 5.01. The minimum atomic E-state index is 1.17. The van der Waals surface area contributed by atoms with Crippen molar-refractivity contribution in [1.29, 1.82) is 0 Å². The van der Waals surface area contributed by atoms with Crippen molar-refractivity contribution in [1.82, 2.24) is 0 Å². The summed E-state index contributed by atoms with van der Waals surface area (Å²) < 4.78 is 0. The molecule has 0 heteroatoms. The first kappa shape index (κ1) is 14.0. The van der Waals surface area contributed by atoms with Crippen molar-refractivity contribution >= 4 is 6.08 Å². The SMILES string of the molecule is [CH2]C.[CH2]c1cc2c(cc1/C=C\C)CCCCC2. The van der Waals surface area contributed by atoms with Crippen LogP contribution in [0.15, 0.2) is 18.2 Å². The lowest BCUT2D eigenvalue weighted by Crippen LogP contribution is -1.94. The van der Waals surface area contributed by atoms with Crippen LogP contribution in [-0.2, 0) is 12.8 Å². The highest BCUT2D eigenvalue weighted by Gasteiger charge is 2.09. The number of aryl methyl sites for hydroxylation is 2. The van der Waals surface area contributed by atoms with Gasteiger partial charge in [0.15, 0.2) is 0 Å². The molecule has 0 bridgehead atoms. The normalized spacial score (nSPS) is 14.8. The molecule has 2 rings (SSSR count). The first-order chi connectivity index (χ1) is 8.31. The molecule has 1 aliphatic carbocycles. The van der Waals surface area contributed by atoms with E-state index in [9.17, 15) is 0 Å². The Bertz CT molecular complexity index is 372. The van der Waals surface area contributed by atoms with Crippen molar-refractivity contribution in [2.75, 3.05) is 0 Å². The first-order valence-corrected chi connectivity index (χ1v) is 6.62. The van der Waals surface area contributed by atoms with Gasteiger partial charge < -0.3 is 0 Å². The lowest BCUT2D eigenvalue weighted by Gasteiger charge is -2.09. The molecule has 0 aromatic heterocycles. The monoisotopic (exact) mass is 228 g/mol. The molecule has 0 saturated heterocycles. The Labute approximate surface area is 107 Å². The van der Waals surface area contributed by atoms with Crippen LogP contribution in [-0.4, -0.2) is 0 Å². The molecule has 17 heavy (non-hydrogen) atoms. The van der Waals surface area contributed by atoms with Crippen LogP contribution in [0.3, 0.4) is 0 Å². The predicted molar refractivity (Wildman–Crippen MR) is 77.9 cm³/mol. The van der Waals surface area contributed by atoms with Crippen LogP contribution in [0.4, 0.5) is 0 Å². The fraction of sp³-hybridized carbons (Fsp3) is 0.412. The van der Waals surface area contributed by atoms with Crippen LogP contribution in [0.2, 0.25) is 0 Å². The molecule has 0 nitrogen and oxygen atoms in total. The summed E-state index contributed by atoms with van der Waals surface area (Å²) in [5.74, 6) is 0. The van der Waals surface area contributed by atoms with Gasteiger partial charge in [-0.1, -0.05) is 44.6 Å². The summed E-state index contributed by atoms with van der Waals surface area (Å²) in [6.07, 6.45) is 10.8. The summed E-state index contributed by atoms with van der Waals surface area (Å²) in [6, 6.07) is 4.62. The zero-order valence-corrected chi connectivity index (χ0v) is 11.3. The summed E-state index contributed by atoms with van der Waals surface area (Å²) in [4.78, 5) is 0. The second-order valence-corrected chi connectivity index (χ2v) is 4.38. The van der Waals surface area contributed by atoms with Gasteiger partial charge in [0.25, 0.3) is 0 Å². The quantitative estimate of drug-likeness (QED) is 0.593. The summed E-state index contributed by atoms with van der Waals surface area (Å²) >= 11 is 0. The van der Waals surface area contributed by atoms with Crippen molar-refractivity contribution in [2.45, 2.75) is 46.0 Å². The maximum atomic E-state index is 4.13. The molecule has 0 atom stereocenters. The van der Waals surface area contributed by atoms with Crippen molar-refractivity contribution < 1.29 is 0 Å². The van der Waals surface area contributed by atoms with E-state index in [2.05, 4.69) is 45.1 Å². The molecule has 1 aromatic carbocycles. The van der Waals surface area contributed by atoms with Gasteiger partial charge >= 0.3 is 0 Å². The fourth-order valence-corrected chi connectivity index (χ4v) is 2.37. The fourth-order valence-electron chi connectivity index (χ4n) is 2.37. The highest BCUT2D eigenvalue weighted by molar-refractivity contribution is 5.57. The number of hydrogen-bond donors (Lipinski definition) is 0. The van der Waals surface area contributed by atoms with E-state index in [4.69, 9.17) is 0 Å². The molecular weight excluding hydrogens is 204 g/mol. The molecule has 0 spiro atoms. The topological polar surface area (TPSA) is 0 Å². The molecular formula is C17H24. The molecule has 2 radical (unpaired) electrons. The summed E-state index contributed by atoms with van der Waals surface area (Å²) in [7, 11) is 0. The van der Waals surface area contributed by atoms with E-state index >= 15 is 0 Å². The van der Waals surface area contributed by atoms with Crippen molar-refractivity contribution in [2.24, 2.45) is 0 Å². The molecule has 0 amide bonds. The summed E-state index contributed by atoms with van der Waals surface area (Å²) in [6.45, 7) is 11.2. The van der Waals surface area contributed by atoms with Crippen LogP contribution in [0.25, 0.3) is 6.08 Å². The van der Waals surface area contributed by atoms with Gasteiger partial charge in [-0.25, -0.2) is 0 Å². The zero-order chi connectivity index (χ0) is 12.7. The third-order valence-corrected chi connectivity index (χ3v) is 3.20. The molecule has 1 aromatic rings. The molecule has 0 fully saturated rings. The van der Waals surface area contributed by atoms with E-state index in [1.807, 2.05) is 0 Å². The van der Waals surface area contributed by atoms with Gasteiger partial charge in [0, 0.05) is 0 Å². The lowest BCUT2D eigenvalue weighted by atomic mass is 9.96. The Kier molecular flexibility index (Phi) is 6.04. The Morgan fingerprint density at radius 3 is 2.18 bits per heavy atom. The molecule has 92 valence electrons. The average Bonchev–Trinajstić information content (AvgIpc) is 2.57. The first-order valence-electron chi connectivity index (χ1n) is 6.62.